The number of hydrogen-bond acceptors (Lipinski definition) is 4. The summed E-state index contributed by atoms with van der Waals surface area (Å²) >= 11 is 0. The van der Waals surface area contributed by atoms with Gasteiger partial charge < -0.3 is 10.2 Å². The first kappa shape index (κ1) is 7.12. The SMILES string of the molecule is c1cc2c(nn1)N1CCC[C@H]1CN2. The van der Waals surface area contributed by atoms with Crippen molar-refractivity contribution < 1.29 is 0 Å². The van der Waals surface area contributed by atoms with Gasteiger partial charge in [-0.25, -0.2) is 0 Å². The highest BCUT2D eigenvalue weighted by Gasteiger charge is 2.30. The highest BCUT2D eigenvalue weighted by Crippen LogP contribution is 2.32. The van der Waals surface area contributed by atoms with E-state index < -0.39 is 0 Å². The molecule has 0 aromatic carbocycles. The Morgan fingerprint density at radius 2 is 2.54 bits per heavy atom. The molecule has 0 unspecified atom stereocenters. The van der Waals surface area contributed by atoms with Crippen molar-refractivity contribution in [2.45, 2.75) is 18.9 Å². The molecule has 0 saturated carbocycles. The summed E-state index contributed by atoms with van der Waals surface area (Å²) in [6, 6.07) is 2.64. The summed E-state index contributed by atoms with van der Waals surface area (Å²) in [6.45, 7) is 2.19. The minimum atomic E-state index is 0.643. The summed E-state index contributed by atoms with van der Waals surface area (Å²) in [5, 5.41) is 11.5. The van der Waals surface area contributed by atoms with Crippen molar-refractivity contribution in [1.82, 2.24) is 10.2 Å². The molecular weight excluding hydrogens is 164 g/mol. The lowest BCUT2D eigenvalue weighted by atomic mass is 10.2. The van der Waals surface area contributed by atoms with Crippen LogP contribution in [0.1, 0.15) is 12.8 Å². The van der Waals surface area contributed by atoms with Gasteiger partial charge in [0.2, 0.25) is 0 Å². The maximum Gasteiger partial charge on any atom is 0.174 e. The summed E-state index contributed by atoms with van der Waals surface area (Å²) in [7, 11) is 0. The van der Waals surface area contributed by atoms with Crippen LogP contribution in [0.2, 0.25) is 0 Å². The van der Waals surface area contributed by atoms with E-state index in [0.717, 1.165) is 24.6 Å². The van der Waals surface area contributed by atoms with Crippen LogP contribution in [-0.4, -0.2) is 29.3 Å². The second-order valence-corrected chi connectivity index (χ2v) is 3.64. The Morgan fingerprint density at radius 3 is 3.54 bits per heavy atom. The predicted octanol–water partition coefficient (Wildman–Crippen LogP) is 0.871. The van der Waals surface area contributed by atoms with Gasteiger partial charge in [0.15, 0.2) is 5.82 Å². The van der Waals surface area contributed by atoms with Crippen molar-refractivity contribution in [2.75, 3.05) is 23.3 Å². The Bertz CT molecular complexity index is 325. The molecule has 1 N–H and O–H groups in total. The van der Waals surface area contributed by atoms with Gasteiger partial charge in [-0.05, 0) is 18.9 Å². The Labute approximate surface area is 77.0 Å². The molecule has 1 aromatic rings. The zero-order chi connectivity index (χ0) is 8.67. The molecule has 4 nitrogen and oxygen atoms in total. The van der Waals surface area contributed by atoms with E-state index in [-0.39, 0.29) is 0 Å². The van der Waals surface area contributed by atoms with Crippen molar-refractivity contribution in [3.8, 4) is 0 Å². The third kappa shape index (κ3) is 0.978. The molecule has 1 atom stereocenters. The molecule has 0 amide bonds. The number of nitrogens with one attached hydrogen (secondary N) is 1. The van der Waals surface area contributed by atoms with Crippen LogP contribution in [0.5, 0.6) is 0 Å². The maximum atomic E-state index is 4.18. The van der Waals surface area contributed by atoms with Crippen molar-refractivity contribution in [1.29, 1.82) is 0 Å². The number of nitrogens with zero attached hydrogens (tertiary/aromatic N) is 3. The van der Waals surface area contributed by atoms with E-state index in [2.05, 4.69) is 20.4 Å². The Balaban J connectivity index is 2.06. The maximum absolute atomic E-state index is 4.18. The zero-order valence-corrected chi connectivity index (χ0v) is 7.40. The Kier molecular flexibility index (Phi) is 1.41. The van der Waals surface area contributed by atoms with E-state index in [0.29, 0.717) is 6.04 Å². The van der Waals surface area contributed by atoms with Gasteiger partial charge in [-0.2, -0.15) is 5.10 Å². The van der Waals surface area contributed by atoms with Crippen LogP contribution in [-0.2, 0) is 0 Å². The van der Waals surface area contributed by atoms with Crippen molar-refractivity contribution in [2.24, 2.45) is 0 Å². The van der Waals surface area contributed by atoms with E-state index in [1.165, 1.54) is 12.8 Å². The topological polar surface area (TPSA) is 41.1 Å². The van der Waals surface area contributed by atoms with Crippen LogP contribution >= 0.6 is 0 Å². The Hall–Kier alpha value is -1.32. The lowest BCUT2D eigenvalue weighted by molar-refractivity contribution is 0.669. The fourth-order valence-corrected chi connectivity index (χ4v) is 2.23. The normalized spacial score (nSPS) is 24.9. The molecule has 4 heteroatoms. The smallest absolute Gasteiger partial charge is 0.174 e. The highest BCUT2D eigenvalue weighted by molar-refractivity contribution is 5.68. The van der Waals surface area contributed by atoms with Gasteiger partial charge in [-0.3, -0.25) is 0 Å². The van der Waals surface area contributed by atoms with Crippen molar-refractivity contribution in [3.63, 3.8) is 0 Å². The van der Waals surface area contributed by atoms with Crippen molar-refractivity contribution in [3.05, 3.63) is 12.3 Å². The molecule has 0 bridgehead atoms. The second-order valence-electron chi connectivity index (χ2n) is 3.64. The fourth-order valence-electron chi connectivity index (χ4n) is 2.23. The Morgan fingerprint density at radius 1 is 1.54 bits per heavy atom. The first-order valence-electron chi connectivity index (χ1n) is 4.77. The molecule has 0 radical (unpaired) electrons. The molecule has 0 aliphatic carbocycles. The van der Waals surface area contributed by atoms with Gasteiger partial charge in [-0.1, -0.05) is 0 Å². The van der Waals surface area contributed by atoms with Crippen LogP contribution < -0.4 is 10.2 Å². The molecule has 1 fully saturated rings. The summed E-state index contributed by atoms with van der Waals surface area (Å²) < 4.78 is 0. The minimum Gasteiger partial charge on any atom is -0.380 e. The molecule has 1 aromatic heterocycles. The van der Waals surface area contributed by atoms with E-state index in [4.69, 9.17) is 0 Å². The molecule has 2 aliphatic heterocycles. The first-order chi connectivity index (χ1) is 6.45. The third-order valence-corrected chi connectivity index (χ3v) is 2.88. The molecular formula is C9H12N4. The lowest BCUT2D eigenvalue weighted by Gasteiger charge is -2.32. The highest BCUT2D eigenvalue weighted by atomic mass is 15.3. The molecule has 3 heterocycles. The van der Waals surface area contributed by atoms with Crippen LogP contribution in [0, 0.1) is 0 Å². The van der Waals surface area contributed by atoms with Crippen LogP contribution in [0.15, 0.2) is 12.3 Å². The van der Waals surface area contributed by atoms with Crippen LogP contribution in [0.25, 0.3) is 0 Å². The predicted molar refractivity (Wildman–Crippen MR) is 50.9 cm³/mol. The first-order valence-corrected chi connectivity index (χ1v) is 4.77. The third-order valence-electron chi connectivity index (χ3n) is 2.88. The lowest BCUT2D eigenvalue weighted by Crippen LogP contribution is -2.40. The summed E-state index contributed by atoms with van der Waals surface area (Å²) in [5.41, 5.74) is 1.13. The summed E-state index contributed by atoms with van der Waals surface area (Å²) in [5.74, 6) is 1.04. The van der Waals surface area contributed by atoms with Gasteiger partial charge in [0.05, 0.1) is 11.9 Å². The van der Waals surface area contributed by atoms with Gasteiger partial charge in [-0.15, -0.1) is 5.10 Å². The van der Waals surface area contributed by atoms with Crippen LogP contribution in [0.3, 0.4) is 0 Å². The largest absolute Gasteiger partial charge is 0.380 e. The quantitative estimate of drug-likeness (QED) is 0.637. The van der Waals surface area contributed by atoms with Gasteiger partial charge in [0, 0.05) is 19.1 Å². The minimum absolute atomic E-state index is 0.643. The molecule has 2 aliphatic rings. The number of anilines is 2. The van der Waals surface area contributed by atoms with E-state index in [1.807, 2.05) is 6.07 Å². The number of aromatic nitrogens is 2. The van der Waals surface area contributed by atoms with Crippen LogP contribution in [0.4, 0.5) is 11.5 Å². The van der Waals surface area contributed by atoms with Gasteiger partial charge in [0.25, 0.3) is 0 Å². The van der Waals surface area contributed by atoms with E-state index >= 15 is 0 Å². The zero-order valence-electron chi connectivity index (χ0n) is 7.40. The fraction of sp³-hybridized carbons (Fsp3) is 0.556. The monoisotopic (exact) mass is 176 g/mol. The summed E-state index contributed by atoms with van der Waals surface area (Å²) in [6.07, 6.45) is 4.30. The van der Waals surface area contributed by atoms with Crippen molar-refractivity contribution >= 4 is 11.5 Å². The molecule has 3 rings (SSSR count). The molecule has 0 spiro atoms. The van der Waals surface area contributed by atoms with E-state index in [1.54, 1.807) is 6.20 Å². The van der Waals surface area contributed by atoms with Gasteiger partial charge in [0.1, 0.15) is 0 Å². The molecule has 1 saturated heterocycles. The average Bonchev–Trinajstić information content (AvgIpc) is 2.65. The average molecular weight is 176 g/mol. The molecule has 68 valence electrons. The number of hydrogen-bond donors (Lipinski definition) is 1. The van der Waals surface area contributed by atoms with Gasteiger partial charge >= 0.3 is 0 Å². The standard InChI is InChI=1S/C9H12N4/c1-2-7-6-10-8-3-4-11-12-9(8)13(7)5-1/h3-4,7,10H,1-2,5-6H2/t7-/m0/s1. The molecule has 13 heavy (non-hydrogen) atoms. The van der Waals surface area contributed by atoms with E-state index in [9.17, 15) is 0 Å². The summed E-state index contributed by atoms with van der Waals surface area (Å²) in [4.78, 5) is 2.37. The second kappa shape index (κ2) is 2.58. The number of rotatable bonds is 0. The number of fused-ring (bicyclic) bond motifs is 3.